The van der Waals surface area contributed by atoms with Gasteiger partial charge in [0.05, 0.1) is 74.7 Å². The number of carbonyl (C=O) groups excluding carboxylic acids is 5. The van der Waals surface area contributed by atoms with E-state index in [2.05, 4.69) is 31.2 Å². The topological polar surface area (TPSA) is 227 Å². The van der Waals surface area contributed by atoms with Gasteiger partial charge in [-0.2, -0.15) is 0 Å². The molecule has 3 aliphatic heterocycles. The summed E-state index contributed by atoms with van der Waals surface area (Å²) in [5.41, 5.74) is 1.00. The van der Waals surface area contributed by atoms with Crippen LogP contribution in [0.25, 0.3) is 11.3 Å². The van der Waals surface area contributed by atoms with E-state index in [1.165, 1.54) is 18.8 Å². The minimum absolute atomic E-state index is 0.0435. The summed E-state index contributed by atoms with van der Waals surface area (Å²) in [6, 6.07) is 8.49. The number of carbonyl (C=O) groups is 5. The molecule has 5 heterocycles. The predicted octanol–water partition coefficient (Wildman–Crippen LogP) is 2.92. The van der Waals surface area contributed by atoms with E-state index in [1.54, 1.807) is 61.4 Å². The van der Waals surface area contributed by atoms with Gasteiger partial charge in [0.15, 0.2) is 0 Å². The Morgan fingerprint density at radius 3 is 2.38 bits per heavy atom. The van der Waals surface area contributed by atoms with Crippen molar-refractivity contribution in [2.75, 3.05) is 39.3 Å². The summed E-state index contributed by atoms with van der Waals surface area (Å²) in [6.07, 6.45) is 4.34. The van der Waals surface area contributed by atoms with Gasteiger partial charge in [-0.1, -0.05) is 32.1 Å². The minimum atomic E-state index is -1.36. The van der Waals surface area contributed by atoms with Crippen molar-refractivity contribution in [2.45, 2.75) is 84.7 Å². The lowest BCUT2D eigenvalue weighted by atomic mass is 9.63. The first-order chi connectivity index (χ1) is 29.9. The maximum atomic E-state index is 13.7. The van der Waals surface area contributed by atoms with Gasteiger partial charge < -0.3 is 34.1 Å². The molecule has 2 aromatic heterocycles. The van der Waals surface area contributed by atoms with E-state index in [0.717, 1.165) is 4.90 Å². The molecule has 63 heavy (non-hydrogen) atoms. The van der Waals surface area contributed by atoms with Gasteiger partial charge in [0.1, 0.15) is 35.0 Å². The summed E-state index contributed by atoms with van der Waals surface area (Å²) in [6.45, 7) is 10.7. The number of aromatic nitrogens is 5. The number of hydrogen-bond donors (Lipinski definition) is 3. The first-order valence-electron chi connectivity index (χ1n) is 20.7. The monoisotopic (exact) mass is 867 g/mol. The second-order valence-electron chi connectivity index (χ2n) is 17.4. The van der Waals surface area contributed by atoms with Crippen LogP contribution in [-0.4, -0.2) is 104 Å². The zero-order chi connectivity index (χ0) is 45.4. The second-order valence-corrected chi connectivity index (χ2v) is 17.4. The molecule has 1 unspecified atom stereocenters. The quantitative estimate of drug-likeness (QED) is 0.115. The lowest BCUT2D eigenvalue weighted by Gasteiger charge is -2.52. The van der Waals surface area contributed by atoms with Gasteiger partial charge in [-0.3, -0.25) is 39.0 Å². The number of anilines is 1. The number of fused-ring (bicyclic) bond motifs is 3. The third-order valence-electron chi connectivity index (χ3n) is 12.0. The number of benzene rings is 2. The standard InChI is InChI=1S/C44H53N9O10/c1-9-43(5,23-52-18-28(49-50-52)17-45-31-12-10-11-29-36(31)40(58)53(39(29)57)44-15-27(16-44)37(55)48-41(44)59)63-24-42(3,4)22-46-35(54)21-62-20-30-33(60-7)13-26(14-34(30)61-8)32-19-51(6)38(56)25(2)47-32/h10-14,18-19,27,45H,9,15-17,20-24H2,1-8H3,(H,46,54)(H,48,55,59). The average Bonchev–Trinajstić information content (AvgIpc) is 3.80. The molecule has 2 saturated heterocycles. The van der Waals surface area contributed by atoms with Crippen LogP contribution in [-0.2, 0) is 50.6 Å². The van der Waals surface area contributed by atoms with Crippen molar-refractivity contribution in [1.82, 2.24) is 40.1 Å². The van der Waals surface area contributed by atoms with E-state index >= 15 is 0 Å². The highest BCUT2D eigenvalue weighted by Gasteiger charge is 2.65. The lowest BCUT2D eigenvalue weighted by molar-refractivity contribution is -0.158. The van der Waals surface area contributed by atoms with E-state index < -0.39 is 40.2 Å². The molecule has 19 heteroatoms. The van der Waals surface area contributed by atoms with Crippen molar-refractivity contribution in [3.05, 3.63) is 81.2 Å². The Hall–Kier alpha value is -6.47. The van der Waals surface area contributed by atoms with Gasteiger partial charge in [0.2, 0.25) is 11.8 Å². The molecule has 1 saturated carbocycles. The summed E-state index contributed by atoms with van der Waals surface area (Å²) in [7, 11) is 4.72. The van der Waals surface area contributed by atoms with Gasteiger partial charge in [0.25, 0.3) is 23.3 Å². The predicted molar refractivity (Wildman–Crippen MR) is 227 cm³/mol. The van der Waals surface area contributed by atoms with E-state index in [9.17, 15) is 28.8 Å². The number of nitrogens with zero attached hydrogens (tertiary/aromatic N) is 6. The highest BCUT2D eigenvalue weighted by atomic mass is 16.5. The fourth-order valence-electron chi connectivity index (χ4n) is 8.07. The Labute approximate surface area is 363 Å². The highest BCUT2D eigenvalue weighted by Crippen LogP contribution is 2.49. The van der Waals surface area contributed by atoms with Gasteiger partial charge in [0, 0.05) is 42.4 Å². The number of methoxy groups -OCH3 is 2. The number of nitrogens with one attached hydrogen (secondary N) is 3. The zero-order valence-electron chi connectivity index (χ0n) is 36.7. The number of ether oxygens (including phenoxy) is 4. The van der Waals surface area contributed by atoms with Crippen LogP contribution in [0.1, 0.15) is 84.6 Å². The van der Waals surface area contributed by atoms with Crippen LogP contribution in [0.2, 0.25) is 0 Å². The Morgan fingerprint density at radius 2 is 1.73 bits per heavy atom. The molecule has 4 aromatic rings. The van der Waals surface area contributed by atoms with Crippen LogP contribution in [0.15, 0.2) is 47.5 Å². The number of amides is 5. The Balaban J connectivity index is 0.886. The average molecular weight is 868 g/mol. The summed E-state index contributed by atoms with van der Waals surface area (Å²) < 4.78 is 26.7. The molecular formula is C44H53N9O10. The van der Waals surface area contributed by atoms with Gasteiger partial charge in [-0.05, 0) is 57.4 Å². The zero-order valence-corrected chi connectivity index (χ0v) is 36.7. The molecule has 1 atom stereocenters. The largest absolute Gasteiger partial charge is 0.496 e. The fourth-order valence-corrected chi connectivity index (χ4v) is 8.07. The maximum absolute atomic E-state index is 13.7. The van der Waals surface area contributed by atoms with Crippen molar-refractivity contribution < 1.29 is 42.9 Å². The molecule has 3 N–H and O–H groups in total. The van der Waals surface area contributed by atoms with Crippen molar-refractivity contribution in [2.24, 2.45) is 18.4 Å². The number of imide groups is 2. The second kappa shape index (κ2) is 17.4. The summed E-state index contributed by atoms with van der Waals surface area (Å²) in [5, 5.41) is 17.1. The summed E-state index contributed by atoms with van der Waals surface area (Å²) >= 11 is 0. The van der Waals surface area contributed by atoms with Crippen LogP contribution >= 0.6 is 0 Å². The highest BCUT2D eigenvalue weighted by molar-refractivity contribution is 6.26. The normalized spacial score (nSPS) is 19.0. The van der Waals surface area contributed by atoms with E-state index in [-0.39, 0.29) is 61.1 Å². The molecule has 4 aliphatic rings. The molecular weight excluding hydrogens is 815 g/mol. The first kappa shape index (κ1) is 44.6. The summed E-state index contributed by atoms with van der Waals surface area (Å²) in [5.74, 6) is -1.86. The molecule has 0 radical (unpaired) electrons. The molecule has 8 rings (SSSR count). The molecule has 19 nitrogen and oxygen atoms in total. The number of piperidine rings is 2. The SMILES string of the molecule is CCC(C)(Cn1cc(CNc2cccc3c2C(=O)N(C24CC(C2)C(=O)NC4=O)C3=O)nn1)OCC(C)(C)CNC(=O)COCc1c(OC)cc(-c2cn(C)c(=O)c(C)n2)cc1OC. The fraction of sp³-hybridized carbons (Fsp3) is 0.477. The van der Waals surface area contributed by atoms with Gasteiger partial charge in [-0.25, -0.2) is 9.67 Å². The third-order valence-corrected chi connectivity index (χ3v) is 12.0. The van der Waals surface area contributed by atoms with Crippen LogP contribution in [0.3, 0.4) is 0 Å². The number of rotatable bonds is 19. The van der Waals surface area contributed by atoms with Gasteiger partial charge >= 0.3 is 0 Å². The molecule has 334 valence electrons. The number of aryl methyl sites for hydroxylation is 2. The van der Waals surface area contributed by atoms with E-state index in [0.29, 0.717) is 71.5 Å². The minimum Gasteiger partial charge on any atom is -0.496 e. The molecule has 3 fully saturated rings. The van der Waals surface area contributed by atoms with Crippen LogP contribution in [0.4, 0.5) is 5.69 Å². The van der Waals surface area contributed by atoms with Crippen molar-refractivity contribution >= 4 is 35.2 Å². The van der Waals surface area contributed by atoms with Crippen LogP contribution in [0.5, 0.6) is 11.5 Å². The maximum Gasteiger partial charge on any atom is 0.271 e. The number of hydrogen-bond acceptors (Lipinski definition) is 14. The first-order valence-corrected chi connectivity index (χ1v) is 20.7. The smallest absolute Gasteiger partial charge is 0.271 e. The van der Waals surface area contributed by atoms with Gasteiger partial charge in [-0.15, -0.1) is 5.10 Å². The summed E-state index contributed by atoms with van der Waals surface area (Å²) in [4.78, 5) is 82.6. The van der Waals surface area contributed by atoms with Crippen molar-refractivity contribution in [3.8, 4) is 22.8 Å². The molecule has 1 aliphatic carbocycles. The van der Waals surface area contributed by atoms with E-state index in [4.69, 9.17) is 18.9 Å². The molecule has 2 bridgehead atoms. The molecule has 0 spiro atoms. The van der Waals surface area contributed by atoms with E-state index in [1.807, 2.05) is 27.7 Å². The van der Waals surface area contributed by atoms with Crippen molar-refractivity contribution in [1.29, 1.82) is 0 Å². The molecule has 2 aromatic carbocycles. The third kappa shape index (κ3) is 8.79. The van der Waals surface area contributed by atoms with Crippen LogP contribution in [0, 0.1) is 18.3 Å². The molecule has 5 amide bonds. The Kier molecular flexibility index (Phi) is 12.3. The lowest BCUT2D eigenvalue weighted by Crippen LogP contribution is -2.74. The Morgan fingerprint density at radius 1 is 1.02 bits per heavy atom. The Bertz CT molecular complexity index is 2490. The van der Waals surface area contributed by atoms with Crippen LogP contribution < -0.4 is 31.0 Å². The van der Waals surface area contributed by atoms with Crippen molar-refractivity contribution in [3.63, 3.8) is 0 Å².